The van der Waals surface area contributed by atoms with E-state index in [0.29, 0.717) is 17.7 Å². The van der Waals surface area contributed by atoms with Crippen molar-refractivity contribution in [1.29, 1.82) is 0 Å². The van der Waals surface area contributed by atoms with Crippen molar-refractivity contribution in [3.63, 3.8) is 0 Å². The lowest BCUT2D eigenvalue weighted by molar-refractivity contribution is 0.247. The third-order valence-electron chi connectivity index (χ3n) is 2.30. The van der Waals surface area contributed by atoms with Crippen LogP contribution in [0.3, 0.4) is 0 Å². The number of benzene rings is 1. The molecule has 1 heterocycles. The average molecular weight is 254 g/mol. The van der Waals surface area contributed by atoms with E-state index in [9.17, 15) is 9.18 Å². The summed E-state index contributed by atoms with van der Waals surface area (Å²) in [5.41, 5.74) is 6.42. The summed E-state index contributed by atoms with van der Waals surface area (Å²) < 4.78 is 14.3. The zero-order valence-electron chi connectivity index (χ0n) is 8.73. The van der Waals surface area contributed by atoms with Crippen molar-refractivity contribution in [3.05, 3.63) is 52.6 Å². The molecule has 2 rings (SSSR count). The third-order valence-corrected chi connectivity index (χ3v) is 2.61. The Morgan fingerprint density at radius 3 is 2.88 bits per heavy atom. The zero-order valence-corrected chi connectivity index (χ0v) is 9.49. The number of nitrogens with two attached hydrogens (primary N) is 1. The number of carbonyl (C=O) groups excluding carboxylic acids is 1. The van der Waals surface area contributed by atoms with E-state index >= 15 is 0 Å². The van der Waals surface area contributed by atoms with Gasteiger partial charge in [0.05, 0.1) is 10.7 Å². The van der Waals surface area contributed by atoms with Crippen molar-refractivity contribution < 1.29 is 9.18 Å². The van der Waals surface area contributed by atoms with Crippen LogP contribution in [0, 0.1) is 5.82 Å². The van der Waals surface area contributed by atoms with Crippen molar-refractivity contribution >= 4 is 17.6 Å². The fourth-order valence-electron chi connectivity index (χ4n) is 1.52. The summed E-state index contributed by atoms with van der Waals surface area (Å²) in [6.07, 6.45) is 1.82. The van der Waals surface area contributed by atoms with Gasteiger partial charge in [-0.25, -0.2) is 9.18 Å². The molecule has 6 heteroatoms. The summed E-state index contributed by atoms with van der Waals surface area (Å²) in [4.78, 5) is 11.0. The number of rotatable bonds is 2. The van der Waals surface area contributed by atoms with Crippen LogP contribution in [0.15, 0.2) is 30.5 Å². The molecular formula is C11H9ClFN3O. The molecule has 0 bridgehead atoms. The van der Waals surface area contributed by atoms with Crippen molar-refractivity contribution in [2.75, 3.05) is 0 Å². The average Bonchev–Trinajstić information content (AvgIpc) is 2.72. The first-order valence-corrected chi connectivity index (χ1v) is 5.22. The first-order valence-electron chi connectivity index (χ1n) is 4.84. The van der Waals surface area contributed by atoms with Gasteiger partial charge in [0.15, 0.2) is 0 Å². The second kappa shape index (κ2) is 4.55. The molecular weight excluding hydrogens is 245 g/mol. The molecule has 0 aliphatic carbocycles. The van der Waals surface area contributed by atoms with Gasteiger partial charge in [-0.05, 0) is 23.8 Å². The van der Waals surface area contributed by atoms with E-state index in [2.05, 4.69) is 5.10 Å². The van der Waals surface area contributed by atoms with Gasteiger partial charge >= 0.3 is 6.03 Å². The lowest BCUT2D eigenvalue weighted by Crippen LogP contribution is -2.23. The maximum Gasteiger partial charge on any atom is 0.339 e. The molecule has 0 aliphatic heterocycles. The summed E-state index contributed by atoms with van der Waals surface area (Å²) in [6, 6.07) is 5.46. The Kier molecular flexibility index (Phi) is 3.10. The minimum Gasteiger partial charge on any atom is -0.350 e. The first kappa shape index (κ1) is 11.6. The molecule has 0 unspecified atom stereocenters. The highest BCUT2D eigenvalue weighted by Gasteiger charge is 2.09. The number of amides is 1. The number of nitrogens with zero attached hydrogens (tertiary/aromatic N) is 2. The first-order chi connectivity index (χ1) is 8.08. The van der Waals surface area contributed by atoms with Gasteiger partial charge in [0.1, 0.15) is 5.82 Å². The van der Waals surface area contributed by atoms with Crippen molar-refractivity contribution in [3.8, 4) is 0 Å². The van der Waals surface area contributed by atoms with E-state index < -0.39 is 11.8 Å². The molecule has 88 valence electrons. The lowest BCUT2D eigenvalue weighted by atomic mass is 10.1. The Hall–Kier alpha value is -1.88. The number of hydrogen-bond donors (Lipinski definition) is 1. The standard InChI is InChI=1S/C11H9ClFN3O/c12-9-2-1-7(6-10(9)13)5-8-3-4-15-16(8)11(14)17/h1-4,6H,5H2,(H2,14,17). The Morgan fingerprint density at radius 2 is 2.24 bits per heavy atom. The highest BCUT2D eigenvalue weighted by atomic mass is 35.5. The normalized spacial score (nSPS) is 10.5. The van der Waals surface area contributed by atoms with Gasteiger partial charge < -0.3 is 5.73 Å². The van der Waals surface area contributed by atoms with Crippen LogP contribution in [0.1, 0.15) is 11.3 Å². The predicted molar refractivity (Wildman–Crippen MR) is 61.4 cm³/mol. The van der Waals surface area contributed by atoms with E-state index in [1.807, 2.05) is 0 Å². The Labute approximate surface area is 102 Å². The SMILES string of the molecule is NC(=O)n1nccc1Cc1ccc(Cl)c(F)c1. The molecule has 0 saturated carbocycles. The molecule has 0 spiro atoms. The van der Waals surface area contributed by atoms with Gasteiger partial charge in [-0.2, -0.15) is 9.78 Å². The summed E-state index contributed by atoms with van der Waals surface area (Å²) in [5, 5.41) is 3.84. The largest absolute Gasteiger partial charge is 0.350 e. The lowest BCUT2D eigenvalue weighted by Gasteiger charge is -2.04. The Bertz CT molecular complexity index is 568. The van der Waals surface area contributed by atoms with E-state index in [-0.39, 0.29) is 5.02 Å². The maximum atomic E-state index is 13.2. The van der Waals surface area contributed by atoms with Crippen LogP contribution in [0.2, 0.25) is 5.02 Å². The Morgan fingerprint density at radius 1 is 1.47 bits per heavy atom. The van der Waals surface area contributed by atoms with Crippen LogP contribution >= 0.6 is 11.6 Å². The van der Waals surface area contributed by atoms with Crippen molar-refractivity contribution in [2.45, 2.75) is 6.42 Å². The molecule has 0 aliphatic rings. The quantitative estimate of drug-likeness (QED) is 0.892. The monoisotopic (exact) mass is 253 g/mol. The summed E-state index contributed by atoms with van der Waals surface area (Å²) >= 11 is 5.58. The fraction of sp³-hybridized carbons (Fsp3) is 0.0909. The van der Waals surface area contributed by atoms with Crippen LogP contribution in [0.5, 0.6) is 0 Å². The molecule has 0 fully saturated rings. The van der Waals surface area contributed by atoms with Crippen LogP contribution in [0.25, 0.3) is 0 Å². The molecule has 17 heavy (non-hydrogen) atoms. The van der Waals surface area contributed by atoms with E-state index in [1.54, 1.807) is 12.1 Å². The molecule has 1 aromatic carbocycles. The van der Waals surface area contributed by atoms with Crippen LogP contribution in [-0.4, -0.2) is 15.8 Å². The second-order valence-electron chi connectivity index (χ2n) is 3.50. The van der Waals surface area contributed by atoms with E-state index in [1.165, 1.54) is 18.3 Å². The third kappa shape index (κ3) is 2.45. The summed E-state index contributed by atoms with van der Waals surface area (Å²) in [5.74, 6) is -0.491. The molecule has 2 aromatic rings. The topological polar surface area (TPSA) is 60.9 Å². The van der Waals surface area contributed by atoms with Crippen LogP contribution < -0.4 is 5.73 Å². The fourth-order valence-corrected chi connectivity index (χ4v) is 1.64. The number of carbonyl (C=O) groups is 1. The zero-order chi connectivity index (χ0) is 12.4. The predicted octanol–water partition coefficient (Wildman–Crippen LogP) is 2.19. The molecule has 0 radical (unpaired) electrons. The molecule has 0 saturated heterocycles. The number of halogens is 2. The minimum absolute atomic E-state index is 0.0668. The molecule has 0 atom stereocenters. The van der Waals surface area contributed by atoms with Crippen molar-refractivity contribution in [1.82, 2.24) is 9.78 Å². The van der Waals surface area contributed by atoms with Gasteiger partial charge in [-0.3, -0.25) is 0 Å². The van der Waals surface area contributed by atoms with Crippen LogP contribution in [-0.2, 0) is 6.42 Å². The van der Waals surface area contributed by atoms with Gasteiger partial charge in [0.2, 0.25) is 0 Å². The molecule has 1 amide bonds. The highest BCUT2D eigenvalue weighted by molar-refractivity contribution is 6.30. The van der Waals surface area contributed by atoms with Crippen molar-refractivity contribution in [2.24, 2.45) is 5.73 Å². The highest BCUT2D eigenvalue weighted by Crippen LogP contribution is 2.17. The summed E-state index contributed by atoms with van der Waals surface area (Å²) in [7, 11) is 0. The number of primary amides is 1. The Balaban J connectivity index is 2.28. The molecule has 4 nitrogen and oxygen atoms in total. The van der Waals surface area contributed by atoms with Gasteiger partial charge in [-0.15, -0.1) is 0 Å². The molecule has 1 aromatic heterocycles. The van der Waals surface area contributed by atoms with Gasteiger partial charge in [-0.1, -0.05) is 17.7 Å². The second-order valence-corrected chi connectivity index (χ2v) is 3.91. The minimum atomic E-state index is -0.667. The van der Waals surface area contributed by atoms with E-state index in [0.717, 1.165) is 4.68 Å². The summed E-state index contributed by atoms with van der Waals surface area (Å²) in [6.45, 7) is 0. The van der Waals surface area contributed by atoms with Crippen LogP contribution in [0.4, 0.5) is 9.18 Å². The smallest absolute Gasteiger partial charge is 0.339 e. The van der Waals surface area contributed by atoms with E-state index in [4.69, 9.17) is 17.3 Å². The number of aromatic nitrogens is 2. The van der Waals surface area contributed by atoms with Gasteiger partial charge in [0.25, 0.3) is 0 Å². The maximum absolute atomic E-state index is 13.2. The molecule has 2 N–H and O–H groups in total. The van der Waals surface area contributed by atoms with Gasteiger partial charge in [0, 0.05) is 12.6 Å². The number of hydrogen-bond acceptors (Lipinski definition) is 2.